The highest BCUT2D eigenvalue weighted by molar-refractivity contribution is 6.11. The van der Waals surface area contributed by atoms with Gasteiger partial charge >= 0.3 is 0 Å². The number of carbonyl (C=O) groups excluding carboxylic acids is 1. The number of benzene rings is 1. The first-order chi connectivity index (χ1) is 17.2. The Kier molecular flexibility index (Phi) is 7.99. The Morgan fingerprint density at radius 3 is 2.66 bits per heavy atom. The van der Waals surface area contributed by atoms with Gasteiger partial charge in [0.05, 0.1) is 16.9 Å². The second-order valence-electron chi connectivity index (χ2n) is 10.6. The van der Waals surface area contributed by atoms with E-state index in [1.165, 1.54) is 64.5 Å². The van der Waals surface area contributed by atoms with Gasteiger partial charge in [0, 0.05) is 31.4 Å². The van der Waals surface area contributed by atoms with Crippen LogP contribution in [0.25, 0.3) is 0 Å². The first kappa shape index (κ1) is 24.3. The summed E-state index contributed by atoms with van der Waals surface area (Å²) in [6, 6.07) is 13.2. The number of hydrogen-bond donors (Lipinski definition) is 1. The van der Waals surface area contributed by atoms with Crippen LogP contribution in [0.15, 0.2) is 42.6 Å². The van der Waals surface area contributed by atoms with Crippen molar-refractivity contribution in [3.8, 4) is 0 Å². The standard InChI is InChI=1S/C29H41N5O/c1-32(23-12-3-2-4-13-23)22-24-14-7-8-19-33(24)20-9-10-21-34-27-17-6-5-15-25(27)29(35)31-26-16-11-18-30-28(26)34/h5-6,11,15-18,23-24H,2-4,7-10,12-14,19-22H2,1H3,(H,31,35). The molecule has 6 heteroatoms. The molecule has 1 atom stereocenters. The summed E-state index contributed by atoms with van der Waals surface area (Å²) < 4.78 is 0. The summed E-state index contributed by atoms with van der Waals surface area (Å²) in [5.41, 5.74) is 2.45. The monoisotopic (exact) mass is 475 g/mol. The smallest absolute Gasteiger partial charge is 0.257 e. The Morgan fingerprint density at radius 1 is 0.971 bits per heavy atom. The van der Waals surface area contributed by atoms with Crippen molar-refractivity contribution in [2.24, 2.45) is 0 Å². The Morgan fingerprint density at radius 2 is 1.77 bits per heavy atom. The maximum Gasteiger partial charge on any atom is 0.257 e. The van der Waals surface area contributed by atoms with Gasteiger partial charge in [-0.05, 0) is 82.9 Å². The van der Waals surface area contributed by atoms with Gasteiger partial charge in [0.1, 0.15) is 0 Å². The second kappa shape index (κ2) is 11.5. The molecule has 188 valence electrons. The van der Waals surface area contributed by atoms with Crippen molar-refractivity contribution < 1.29 is 4.79 Å². The van der Waals surface area contributed by atoms with Crippen molar-refractivity contribution >= 4 is 23.1 Å². The average molecular weight is 476 g/mol. The van der Waals surface area contributed by atoms with Gasteiger partial charge in [0.25, 0.3) is 5.91 Å². The van der Waals surface area contributed by atoms with E-state index in [9.17, 15) is 4.79 Å². The number of hydrogen-bond acceptors (Lipinski definition) is 5. The van der Waals surface area contributed by atoms with Crippen molar-refractivity contribution in [1.82, 2.24) is 14.8 Å². The number of nitrogens with one attached hydrogen (secondary N) is 1. The number of likely N-dealkylation sites (N-methyl/N-ethyl adjacent to an activating group) is 1. The summed E-state index contributed by atoms with van der Waals surface area (Å²) in [5.74, 6) is 0.784. The molecule has 1 aromatic carbocycles. The van der Waals surface area contributed by atoms with Crippen molar-refractivity contribution in [1.29, 1.82) is 0 Å². The molecule has 1 unspecified atom stereocenters. The molecule has 5 rings (SSSR count). The predicted molar refractivity (Wildman–Crippen MR) is 144 cm³/mol. The van der Waals surface area contributed by atoms with Crippen LogP contribution in [0.1, 0.15) is 74.6 Å². The third kappa shape index (κ3) is 5.70. The minimum absolute atomic E-state index is 0.0596. The van der Waals surface area contributed by atoms with Gasteiger partial charge in [-0.2, -0.15) is 0 Å². The molecule has 1 aromatic heterocycles. The Hall–Kier alpha value is -2.44. The summed E-state index contributed by atoms with van der Waals surface area (Å²) in [6.45, 7) is 4.47. The molecule has 1 saturated carbocycles. The fraction of sp³-hybridized carbons (Fsp3) is 0.586. The molecular formula is C29H41N5O. The number of nitrogens with zero attached hydrogens (tertiary/aromatic N) is 4. The van der Waals surface area contributed by atoms with Crippen LogP contribution in [0.5, 0.6) is 0 Å². The van der Waals surface area contributed by atoms with Crippen molar-refractivity contribution in [3.05, 3.63) is 48.2 Å². The van der Waals surface area contributed by atoms with Gasteiger partial charge in [0.2, 0.25) is 0 Å². The zero-order chi connectivity index (χ0) is 24.0. The lowest BCUT2D eigenvalue weighted by Crippen LogP contribution is -2.48. The van der Waals surface area contributed by atoms with Crippen LogP contribution < -0.4 is 10.2 Å². The maximum absolute atomic E-state index is 12.8. The molecule has 35 heavy (non-hydrogen) atoms. The first-order valence-electron chi connectivity index (χ1n) is 13.8. The molecule has 2 aliphatic heterocycles. The third-order valence-electron chi connectivity index (χ3n) is 8.25. The van der Waals surface area contributed by atoms with Crippen LogP contribution in [0.3, 0.4) is 0 Å². The minimum Gasteiger partial charge on any atom is -0.324 e. The molecule has 1 saturated heterocycles. The van der Waals surface area contributed by atoms with Crippen LogP contribution in [0.4, 0.5) is 17.2 Å². The molecule has 1 amide bonds. The summed E-state index contributed by atoms with van der Waals surface area (Å²) in [5, 5.41) is 3.05. The molecule has 0 radical (unpaired) electrons. The Balaban J connectivity index is 1.20. The highest BCUT2D eigenvalue weighted by Crippen LogP contribution is 2.36. The number of fused-ring (bicyclic) bond motifs is 2. The van der Waals surface area contributed by atoms with E-state index in [2.05, 4.69) is 32.0 Å². The van der Waals surface area contributed by atoms with E-state index in [4.69, 9.17) is 0 Å². The van der Waals surface area contributed by atoms with Gasteiger partial charge in [-0.3, -0.25) is 9.69 Å². The van der Waals surface area contributed by atoms with E-state index in [1.54, 1.807) is 0 Å². The average Bonchev–Trinajstić information content (AvgIpc) is 3.02. The number of aromatic nitrogens is 1. The number of unbranched alkanes of at least 4 members (excludes halogenated alkanes) is 1. The third-order valence-corrected chi connectivity index (χ3v) is 8.25. The van der Waals surface area contributed by atoms with E-state index < -0.39 is 0 Å². The fourth-order valence-electron chi connectivity index (χ4n) is 6.29. The molecular weight excluding hydrogens is 434 g/mol. The molecule has 2 aromatic rings. The number of likely N-dealkylation sites (tertiary alicyclic amines) is 1. The van der Waals surface area contributed by atoms with Gasteiger partial charge in [-0.15, -0.1) is 0 Å². The molecule has 3 heterocycles. The van der Waals surface area contributed by atoms with Gasteiger partial charge in [-0.25, -0.2) is 4.98 Å². The molecule has 0 bridgehead atoms. The SMILES string of the molecule is CN(CC1CCCCN1CCCCN1c2ccccc2C(=O)Nc2cccnc21)C1CCCCC1. The molecule has 6 nitrogen and oxygen atoms in total. The van der Waals surface area contributed by atoms with Gasteiger partial charge < -0.3 is 15.1 Å². The van der Waals surface area contributed by atoms with Crippen LogP contribution >= 0.6 is 0 Å². The highest BCUT2D eigenvalue weighted by atomic mass is 16.1. The molecule has 1 N–H and O–H groups in total. The number of rotatable bonds is 8. The topological polar surface area (TPSA) is 51.7 Å². The van der Waals surface area contributed by atoms with E-state index >= 15 is 0 Å². The summed E-state index contributed by atoms with van der Waals surface area (Å²) in [7, 11) is 2.36. The molecule has 1 aliphatic carbocycles. The zero-order valence-electron chi connectivity index (χ0n) is 21.3. The van der Waals surface area contributed by atoms with Crippen molar-refractivity contribution in [2.75, 3.05) is 43.4 Å². The van der Waals surface area contributed by atoms with E-state index in [-0.39, 0.29) is 5.91 Å². The lowest BCUT2D eigenvalue weighted by molar-refractivity contribution is 0.0865. The number of carbonyl (C=O) groups is 1. The largest absolute Gasteiger partial charge is 0.324 e. The molecule has 3 aliphatic rings. The minimum atomic E-state index is -0.0596. The van der Waals surface area contributed by atoms with Gasteiger partial charge in [-0.1, -0.05) is 37.8 Å². The first-order valence-corrected chi connectivity index (χ1v) is 13.8. The van der Waals surface area contributed by atoms with Gasteiger partial charge in [0.15, 0.2) is 5.82 Å². The quantitative estimate of drug-likeness (QED) is 0.498. The van der Waals surface area contributed by atoms with Crippen LogP contribution in [0.2, 0.25) is 0 Å². The normalized spacial score (nSPS) is 21.4. The number of para-hydroxylation sites is 1. The Labute approximate surface area is 210 Å². The van der Waals surface area contributed by atoms with Crippen molar-refractivity contribution in [2.45, 2.75) is 76.3 Å². The molecule has 0 spiro atoms. The summed E-state index contributed by atoms with van der Waals surface area (Å²) in [6.07, 6.45) is 15.1. The van der Waals surface area contributed by atoms with E-state index in [1.807, 2.05) is 42.6 Å². The second-order valence-corrected chi connectivity index (χ2v) is 10.6. The molecule has 2 fully saturated rings. The van der Waals surface area contributed by atoms with Crippen LogP contribution in [-0.4, -0.2) is 66.0 Å². The predicted octanol–water partition coefficient (Wildman–Crippen LogP) is 5.68. The number of amides is 1. The van der Waals surface area contributed by atoms with E-state index in [0.29, 0.717) is 11.6 Å². The summed E-state index contributed by atoms with van der Waals surface area (Å²) in [4.78, 5) is 25.1. The van der Waals surface area contributed by atoms with Crippen LogP contribution in [0, 0.1) is 0 Å². The van der Waals surface area contributed by atoms with E-state index in [0.717, 1.165) is 49.2 Å². The summed E-state index contributed by atoms with van der Waals surface area (Å²) >= 11 is 0. The fourth-order valence-corrected chi connectivity index (χ4v) is 6.29. The Bertz CT molecular complexity index is 989. The number of piperidine rings is 1. The number of anilines is 3. The number of pyridine rings is 1. The van der Waals surface area contributed by atoms with Crippen LogP contribution in [-0.2, 0) is 0 Å². The maximum atomic E-state index is 12.8. The van der Waals surface area contributed by atoms with Crippen molar-refractivity contribution in [3.63, 3.8) is 0 Å². The lowest BCUT2D eigenvalue weighted by Gasteiger charge is -2.40. The highest BCUT2D eigenvalue weighted by Gasteiger charge is 2.28. The lowest BCUT2D eigenvalue weighted by atomic mass is 9.93. The zero-order valence-corrected chi connectivity index (χ0v) is 21.3.